The summed E-state index contributed by atoms with van der Waals surface area (Å²) in [5, 5.41) is 14.8. The van der Waals surface area contributed by atoms with Gasteiger partial charge in [0, 0.05) is 25.3 Å². The van der Waals surface area contributed by atoms with E-state index in [2.05, 4.69) is 34.7 Å². The van der Waals surface area contributed by atoms with Gasteiger partial charge >= 0.3 is 0 Å². The summed E-state index contributed by atoms with van der Waals surface area (Å²) in [5.41, 5.74) is 0.620. The molecule has 0 aliphatic rings. The Bertz CT molecular complexity index is 797. The average molecular weight is 424 g/mol. The summed E-state index contributed by atoms with van der Waals surface area (Å²) in [7, 11) is 3.16. The van der Waals surface area contributed by atoms with Crippen molar-refractivity contribution in [2.75, 3.05) is 43.6 Å². The monoisotopic (exact) mass is 423 g/mol. The molecule has 2 aromatic rings. The molecule has 0 aliphatic heterocycles. The fraction of sp³-hybridized carbons (Fsp3) is 0.444. The summed E-state index contributed by atoms with van der Waals surface area (Å²) < 4.78 is 5.84. The highest BCUT2D eigenvalue weighted by atomic mass is 32.2. The Kier molecular flexibility index (Phi) is 8.52. The number of carbonyl (C=O) groups is 2. The van der Waals surface area contributed by atoms with Crippen LogP contribution < -0.4 is 15.4 Å². The van der Waals surface area contributed by atoms with Gasteiger partial charge in [0.25, 0.3) is 0 Å². The Morgan fingerprint density at radius 2 is 2.11 bits per heavy atom. The highest BCUT2D eigenvalue weighted by Gasteiger charge is 2.15. The van der Waals surface area contributed by atoms with E-state index in [-0.39, 0.29) is 24.1 Å². The quantitative estimate of drug-likeness (QED) is 0.567. The zero-order valence-electron chi connectivity index (χ0n) is 16.4. The summed E-state index contributed by atoms with van der Waals surface area (Å²) in [6, 6.07) is 7.06. The van der Waals surface area contributed by atoms with E-state index in [1.807, 2.05) is 0 Å². The van der Waals surface area contributed by atoms with Crippen molar-refractivity contribution in [1.82, 2.24) is 15.1 Å². The molecule has 1 aromatic carbocycles. The number of anilines is 2. The van der Waals surface area contributed by atoms with E-state index < -0.39 is 0 Å². The number of ether oxygens (including phenoxy) is 1. The van der Waals surface area contributed by atoms with Gasteiger partial charge in [-0.1, -0.05) is 43.0 Å². The Morgan fingerprint density at radius 3 is 2.82 bits per heavy atom. The molecule has 0 aliphatic carbocycles. The number of nitrogens with zero attached hydrogens (tertiary/aromatic N) is 3. The molecule has 2 rings (SSSR count). The van der Waals surface area contributed by atoms with Gasteiger partial charge in [-0.15, -0.1) is 10.2 Å². The molecule has 0 unspecified atom stereocenters. The maximum absolute atomic E-state index is 12.3. The molecule has 0 saturated heterocycles. The van der Waals surface area contributed by atoms with Crippen LogP contribution in [0.3, 0.4) is 0 Å². The fourth-order valence-electron chi connectivity index (χ4n) is 2.07. The van der Waals surface area contributed by atoms with Crippen molar-refractivity contribution < 1.29 is 14.3 Å². The molecule has 1 heterocycles. The lowest BCUT2D eigenvalue weighted by Crippen LogP contribution is -2.35. The molecule has 0 fully saturated rings. The maximum Gasteiger partial charge on any atom is 0.243 e. The van der Waals surface area contributed by atoms with Crippen LogP contribution in [-0.2, 0) is 9.59 Å². The predicted octanol–water partition coefficient (Wildman–Crippen LogP) is 2.80. The van der Waals surface area contributed by atoms with Crippen LogP contribution in [0.1, 0.15) is 13.8 Å². The Labute approximate surface area is 173 Å². The number of methoxy groups -OCH3 is 1. The number of thioether (sulfide) groups is 1. The van der Waals surface area contributed by atoms with E-state index in [4.69, 9.17) is 4.74 Å². The van der Waals surface area contributed by atoms with Gasteiger partial charge < -0.3 is 20.3 Å². The number of carbonyl (C=O) groups excluding carboxylic acids is 2. The minimum Gasteiger partial charge on any atom is -0.497 e. The van der Waals surface area contributed by atoms with Crippen LogP contribution >= 0.6 is 23.1 Å². The average Bonchev–Trinajstić information content (AvgIpc) is 3.12. The summed E-state index contributed by atoms with van der Waals surface area (Å²) in [5.74, 6) is 0.932. The molecule has 2 N–H and O–H groups in total. The van der Waals surface area contributed by atoms with E-state index in [0.717, 1.165) is 11.7 Å². The van der Waals surface area contributed by atoms with Crippen LogP contribution in [0.2, 0.25) is 0 Å². The van der Waals surface area contributed by atoms with Crippen LogP contribution in [0.4, 0.5) is 10.8 Å². The minimum atomic E-state index is -0.273. The highest BCUT2D eigenvalue weighted by molar-refractivity contribution is 8.01. The molecule has 152 valence electrons. The molecule has 2 amide bonds. The topological polar surface area (TPSA) is 96.5 Å². The van der Waals surface area contributed by atoms with Crippen molar-refractivity contribution in [2.45, 2.75) is 18.2 Å². The van der Waals surface area contributed by atoms with E-state index in [1.54, 1.807) is 38.4 Å². The normalized spacial score (nSPS) is 10.6. The summed E-state index contributed by atoms with van der Waals surface area (Å²) in [4.78, 5) is 25.8. The van der Waals surface area contributed by atoms with Crippen LogP contribution in [0, 0.1) is 5.92 Å². The molecule has 0 radical (unpaired) electrons. The van der Waals surface area contributed by atoms with Crippen LogP contribution in [0.5, 0.6) is 5.75 Å². The first-order chi connectivity index (χ1) is 13.4. The van der Waals surface area contributed by atoms with Crippen LogP contribution in [0.15, 0.2) is 28.6 Å². The van der Waals surface area contributed by atoms with Gasteiger partial charge in [0.2, 0.25) is 16.9 Å². The number of benzene rings is 1. The zero-order chi connectivity index (χ0) is 20.5. The fourth-order valence-corrected chi connectivity index (χ4v) is 3.77. The van der Waals surface area contributed by atoms with Crippen molar-refractivity contribution >= 4 is 45.7 Å². The van der Waals surface area contributed by atoms with Crippen molar-refractivity contribution in [3.8, 4) is 5.75 Å². The summed E-state index contributed by atoms with van der Waals surface area (Å²) >= 11 is 2.73. The third-order valence-corrected chi connectivity index (χ3v) is 5.55. The summed E-state index contributed by atoms with van der Waals surface area (Å²) in [6.45, 7) is 5.02. The zero-order valence-corrected chi connectivity index (χ0v) is 18.0. The number of aromatic nitrogens is 2. The Hall–Kier alpha value is -2.33. The lowest BCUT2D eigenvalue weighted by molar-refractivity contribution is -0.131. The van der Waals surface area contributed by atoms with Gasteiger partial charge in [-0.05, 0) is 18.1 Å². The van der Waals surface area contributed by atoms with Crippen molar-refractivity contribution in [2.24, 2.45) is 5.92 Å². The number of likely N-dealkylation sites (N-methyl/N-ethyl adjacent to an activating group) is 1. The molecule has 0 spiro atoms. The highest BCUT2D eigenvalue weighted by Crippen LogP contribution is 2.25. The van der Waals surface area contributed by atoms with Gasteiger partial charge in [-0.3, -0.25) is 9.59 Å². The second kappa shape index (κ2) is 10.9. The van der Waals surface area contributed by atoms with E-state index >= 15 is 0 Å². The van der Waals surface area contributed by atoms with E-state index in [9.17, 15) is 9.59 Å². The molecular weight excluding hydrogens is 398 g/mol. The molecule has 0 atom stereocenters. The number of rotatable bonds is 10. The maximum atomic E-state index is 12.3. The third kappa shape index (κ3) is 7.35. The van der Waals surface area contributed by atoms with Crippen molar-refractivity contribution in [1.29, 1.82) is 0 Å². The molecule has 0 saturated carbocycles. The SMILES string of the molecule is COc1cccc(NC(=O)CN(C)C(=O)CSc2nnc(NCC(C)C)s2)c1. The second-order valence-electron chi connectivity index (χ2n) is 6.47. The lowest BCUT2D eigenvalue weighted by Gasteiger charge is -2.16. The number of hydrogen-bond donors (Lipinski definition) is 2. The number of nitrogens with one attached hydrogen (secondary N) is 2. The Morgan fingerprint density at radius 1 is 1.32 bits per heavy atom. The first-order valence-electron chi connectivity index (χ1n) is 8.75. The van der Waals surface area contributed by atoms with Gasteiger partial charge in [0.1, 0.15) is 5.75 Å². The second-order valence-corrected chi connectivity index (χ2v) is 8.67. The van der Waals surface area contributed by atoms with Gasteiger partial charge in [0.05, 0.1) is 19.4 Å². The lowest BCUT2D eigenvalue weighted by atomic mass is 10.2. The first kappa shape index (κ1) is 22.0. The molecule has 10 heteroatoms. The number of amides is 2. The number of hydrogen-bond acceptors (Lipinski definition) is 8. The molecule has 8 nitrogen and oxygen atoms in total. The van der Waals surface area contributed by atoms with Crippen LogP contribution in [0.25, 0.3) is 0 Å². The van der Waals surface area contributed by atoms with Crippen molar-refractivity contribution in [3.63, 3.8) is 0 Å². The standard InChI is InChI=1S/C18H25N5O3S2/c1-12(2)9-19-17-21-22-18(28-17)27-11-16(25)23(3)10-15(24)20-13-6-5-7-14(8-13)26-4/h5-8,12H,9-11H2,1-4H3,(H,19,21)(H,20,24). The largest absolute Gasteiger partial charge is 0.497 e. The molecule has 0 bridgehead atoms. The third-order valence-electron chi connectivity index (χ3n) is 3.55. The first-order valence-corrected chi connectivity index (χ1v) is 10.6. The Balaban J connectivity index is 1.76. The van der Waals surface area contributed by atoms with Gasteiger partial charge in [0.15, 0.2) is 4.34 Å². The van der Waals surface area contributed by atoms with Gasteiger partial charge in [-0.2, -0.15) is 0 Å². The molecular formula is C18H25N5O3S2. The molecule has 1 aromatic heterocycles. The predicted molar refractivity (Wildman–Crippen MR) is 113 cm³/mol. The van der Waals surface area contributed by atoms with E-state index in [1.165, 1.54) is 28.0 Å². The van der Waals surface area contributed by atoms with Gasteiger partial charge in [-0.25, -0.2) is 0 Å². The van der Waals surface area contributed by atoms with E-state index in [0.29, 0.717) is 21.7 Å². The van der Waals surface area contributed by atoms with Crippen LogP contribution in [-0.4, -0.2) is 59.9 Å². The van der Waals surface area contributed by atoms with Crippen molar-refractivity contribution in [3.05, 3.63) is 24.3 Å². The summed E-state index contributed by atoms with van der Waals surface area (Å²) in [6.07, 6.45) is 0. The molecule has 28 heavy (non-hydrogen) atoms. The smallest absolute Gasteiger partial charge is 0.243 e. The minimum absolute atomic E-state index is 0.0338.